The number of nitrogens with two attached hydrogens (primary N) is 1. The molecule has 3 unspecified atom stereocenters. The number of amides is 1. The molecule has 2 rings (SSSR count). The highest BCUT2D eigenvalue weighted by Gasteiger charge is 2.24. The quantitative estimate of drug-likeness (QED) is 0.833. The second-order valence-electron chi connectivity index (χ2n) is 6.62. The van der Waals surface area contributed by atoms with Gasteiger partial charge in [-0.15, -0.1) is 0 Å². The predicted octanol–water partition coefficient (Wildman–Crippen LogP) is 4.03. The van der Waals surface area contributed by atoms with Crippen LogP contribution in [0.15, 0.2) is 18.2 Å². The molecule has 1 aliphatic carbocycles. The first-order valence-electron chi connectivity index (χ1n) is 8.75. The molecule has 3 nitrogen and oxygen atoms in total. The van der Waals surface area contributed by atoms with Crippen molar-refractivity contribution < 1.29 is 4.79 Å². The molecule has 1 amide bonds. The molecule has 3 atom stereocenters. The lowest BCUT2D eigenvalue weighted by molar-refractivity contribution is -0.125. The van der Waals surface area contributed by atoms with E-state index in [0.717, 1.165) is 38.5 Å². The molecule has 0 spiro atoms. The number of aryl methyl sites for hydroxylation is 1. The number of rotatable bonds is 6. The molecule has 1 aliphatic rings. The molecule has 1 aromatic rings. The summed E-state index contributed by atoms with van der Waals surface area (Å²) in [6.45, 7) is 6.21. The van der Waals surface area contributed by atoms with E-state index in [9.17, 15) is 4.79 Å². The Kier molecular flexibility index (Phi) is 6.01. The summed E-state index contributed by atoms with van der Waals surface area (Å²) in [6, 6.07) is 6.86. The van der Waals surface area contributed by atoms with Crippen molar-refractivity contribution in [3.8, 4) is 0 Å². The van der Waals surface area contributed by atoms with Crippen molar-refractivity contribution in [1.29, 1.82) is 0 Å². The van der Waals surface area contributed by atoms with E-state index < -0.39 is 0 Å². The monoisotopic (exact) mass is 302 g/mol. The van der Waals surface area contributed by atoms with Crippen molar-refractivity contribution in [2.45, 2.75) is 71.4 Å². The van der Waals surface area contributed by atoms with E-state index in [1.54, 1.807) is 0 Å². The molecule has 1 aromatic carbocycles. The third-order valence-corrected chi connectivity index (χ3v) is 4.89. The van der Waals surface area contributed by atoms with Gasteiger partial charge in [0.1, 0.15) is 0 Å². The highest BCUT2D eigenvalue weighted by Crippen LogP contribution is 2.32. The smallest absolute Gasteiger partial charge is 0.223 e. The summed E-state index contributed by atoms with van der Waals surface area (Å²) in [5, 5.41) is 3.24. The molecule has 0 heterocycles. The summed E-state index contributed by atoms with van der Waals surface area (Å²) in [5.74, 6) is 0.250. The summed E-state index contributed by atoms with van der Waals surface area (Å²) in [4.78, 5) is 12.2. The molecule has 22 heavy (non-hydrogen) atoms. The zero-order valence-corrected chi connectivity index (χ0v) is 14.2. The molecule has 122 valence electrons. The molecule has 3 heteroatoms. The summed E-state index contributed by atoms with van der Waals surface area (Å²) < 4.78 is 0. The van der Waals surface area contributed by atoms with Crippen LogP contribution in [-0.2, 0) is 11.2 Å². The Balaban J connectivity index is 2.20. The Labute approximate surface area is 134 Å². The summed E-state index contributed by atoms with van der Waals surface area (Å²) in [6.07, 6.45) is 6.25. The van der Waals surface area contributed by atoms with Gasteiger partial charge in [-0.2, -0.15) is 0 Å². The van der Waals surface area contributed by atoms with Gasteiger partial charge in [-0.1, -0.05) is 45.4 Å². The van der Waals surface area contributed by atoms with Crippen molar-refractivity contribution in [3.05, 3.63) is 34.9 Å². The van der Waals surface area contributed by atoms with E-state index in [2.05, 4.69) is 37.4 Å². The SMILES string of the molecule is CCCC(N)c1ccc2c(c1)C(NC(=O)C(C)CC)CCC2. The maximum absolute atomic E-state index is 12.2. The van der Waals surface area contributed by atoms with Gasteiger partial charge in [0.25, 0.3) is 0 Å². The Morgan fingerprint density at radius 1 is 1.41 bits per heavy atom. The first kappa shape index (κ1) is 17.0. The van der Waals surface area contributed by atoms with E-state index in [4.69, 9.17) is 5.73 Å². The number of hydrogen-bond donors (Lipinski definition) is 2. The second-order valence-corrected chi connectivity index (χ2v) is 6.62. The number of carbonyl (C=O) groups is 1. The number of carbonyl (C=O) groups excluding carboxylic acids is 1. The largest absolute Gasteiger partial charge is 0.349 e. The van der Waals surface area contributed by atoms with E-state index in [1.807, 2.05) is 6.92 Å². The van der Waals surface area contributed by atoms with Gasteiger partial charge in [0.2, 0.25) is 5.91 Å². The zero-order valence-electron chi connectivity index (χ0n) is 14.2. The fourth-order valence-electron chi connectivity index (χ4n) is 3.18. The maximum atomic E-state index is 12.2. The van der Waals surface area contributed by atoms with Crippen molar-refractivity contribution >= 4 is 5.91 Å². The van der Waals surface area contributed by atoms with Crippen molar-refractivity contribution in [1.82, 2.24) is 5.32 Å². The molecule has 0 radical (unpaired) electrons. The third-order valence-electron chi connectivity index (χ3n) is 4.89. The zero-order chi connectivity index (χ0) is 16.1. The Morgan fingerprint density at radius 2 is 2.18 bits per heavy atom. The lowest BCUT2D eigenvalue weighted by atomic mass is 9.85. The van der Waals surface area contributed by atoms with Crippen LogP contribution in [0.25, 0.3) is 0 Å². The predicted molar refractivity (Wildman–Crippen MR) is 91.6 cm³/mol. The van der Waals surface area contributed by atoms with Crippen LogP contribution in [0.3, 0.4) is 0 Å². The maximum Gasteiger partial charge on any atom is 0.223 e. The summed E-state index contributed by atoms with van der Waals surface area (Å²) >= 11 is 0. The minimum Gasteiger partial charge on any atom is -0.349 e. The van der Waals surface area contributed by atoms with Gasteiger partial charge in [-0.25, -0.2) is 0 Å². The third kappa shape index (κ3) is 3.89. The Hall–Kier alpha value is -1.35. The number of hydrogen-bond acceptors (Lipinski definition) is 2. The number of fused-ring (bicyclic) bond motifs is 1. The number of nitrogens with one attached hydrogen (secondary N) is 1. The van der Waals surface area contributed by atoms with Crippen LogP contribution in [0.1, 0.15) is 81.6 Å². The molecule has 0 bridgehead atoms. The van der Waals surface area contributed by atoms with Crippen LogP contribution in [-0.4, -0.2) is 5.91 Å². The van der Waals surface area contributed by atoms with Gasteiger partial charge in [-0.3, -0.25) is 4.79 Å². The van der Waals surface area contributed by atoms with E-state index in [-0.39, 0.29) is 23.9 Å². The molecular formula is C19H30N2O. The molecule has 0 aromatic heterocycles. The van der Waals surface area contributed by atoms with Crippen LogP contribution < -0.4 is 11.1 Å². The van der Waals surface area contributed by atoms with Gasteiger partial charge in [0.05, 0.1) is 6.04 Å². The van der Waals surface area contributed by atoms with Gasteiger partial charge < -0.3 is 11.1 Å². The average Bonchev–Trinajstić information content (AvgIpc) is 2.54. The highest BCUT2D eigenvalue weighted by molar-refractivity contribution is 5.78. The number of benzene rings is 1. The molecule has 0 aliphatic heterocycles. The fraction of sp³-hybridized carbons (Fsp3) is 0.632. The molecule has 0 fully saturated rings. The van der Waals surface area contributed by atoms with Gasteiger partial charge in [-0.05, 0) is 48.8 Å². The van der Waals surface area contributed by atoms with Crippen molar-refractivity contribution in [2.24, 2.45) is 11.7 Å². The summed E-state index contributed by atoms with van der Waals surface area (Å²) in [5.41, 5.74) is 10.1. The minimum atomic E-state index is 0.0795. The van der Waals surface area contributed by atoms with E-state index >= 15 is 0 Å². The minimum absolute atomic E-state index is 0.0795. The molecule has 0 saturated heterocycles. The van der Waals surface area contributed by atoms with E-state index in [1.165, 1.54) is 16.7 Å². The van der Waals surface area contributed by atoms with Crippen LogP contribution in [0.2, 0.25) is 0 Å². The Morgan fingerprint density at radius 3 is 2.86 bits per heavy atom. The normalized spacial score (nSPS) is 20.1. The van der Waals surface area contributed by atoms with Gasteiger partial charge >= 0.3 is 0 Å². The standard InChI is InChI=1S/C19H30N2O/c1-4-7-17(20)15-11-10-14-8-6-9-18(16(14)12-15)21-19(22)13(3)5-2/h10-13,17-18H,4-9,20H2,1-3H3,(H,21,22). The van der Waals surface area contributed by atoms with Gasteiger partial charge in [0.15, 0.2) is 0 Å². The van der Waals surface area contributed by atoms with Crippen LogP contribution in [0.4, 0.5) is 0 Å². The van der Waals surface area contributed by atoms with Crippen LogP contribution in [0, 0.1) is 5.92 Å². The second kappa shape index (κ2) is 7.77. The van der Waals surface area contributed by atoms with E-state index in [0.29, 0.717) is 0 Å². The first-order chi connectivity index (χ1) is 10.6. The average molecular weight is 302 g/mol. The highest BCUT2D eigenvalue weighted by atomic mass is 16.1. The molecular weight excluding hydrogens is 272 g/mol. The van der Waals surface area contributed by atoms with Crippen molar-refractivity contribution in [3.63, 3.8) is 0 Å². The van der Waals surface area contributed by atoms with Crippen LogP contribution in [0.5, 0.6) is 0 Å². The summed E-state index contributed by atoms with van der Waals surface area (Å²) in [7, 11) is 0. The fourth-order valence-corrected chi connectivity index (χ4v) is 3.18. The topological polar surface area (TPSA) is 55.1 Å². The molecule has 0 saturated carbocycles. The lowest BCUT2D eigenvalue weighted by Crippen LogP contribution is -2.34. The van der Waals surface area contributed by atoms with Crippen LogP contribution >= 0.6 is 0 Å². The lowest BCUT2D eigenvalue weighted by Gasteiger charge is -2.28. The first-order valence-corrected chi connectivity index (χ1v) is 8.75. The molecule has 3 N–H and O–H groups in total. The Bertz CT molecular complexity index is 512. The van der Waals surface area contributed by atoms with Gasteiger partial charge in [0, 0.05) is 12.0 Å². The van der Waals surface area contributed by atoms with Crippen molar-refractivity contribution in [2.75, 3.05) is 0 Å².